The van der Waals surface area contributed by atoms with Crippen molar-refractivity contribution < 1.29 is 13.2 Å². The third-order valence-corrected chi connectivity index (χ3v) is 3.50. The van der Waals surface area contributed by atoms with Crippen molar-refractivity contribution in [3.63, 3.8) is 0 Å². The maximum absolute atomic E-state index is 12.7. The van der Waals surface area contributed by atoms with E-state index in [-0.39, 0.29) is 10.7 Å². The molecule has 1 aliphatic rings. The van der Waals surface area contributed by atoms with Gasteiger partial charge in [0, 0.05) is 5.39 Å². The second kappa shape index (κ2) is 3.80. The van der Waals surface area contributed by atoms with Gasteiger partial charge in [-0.1, -0.05) is 11.6 Å². The number of nitrogens with two attached hydrogens (primary N) is 1. The molecule has 0 saturated heterocycles. The van der Waals surface area contributed by atoms with Crippen molar-refractivity contribution in [1.29, 1.82) is 0 Å². The second-order valence-corrected chi connectivity index (χ2v) is 5.08. The largest absolute Gasteiger partial charge is 0.416 e. The molecule has 0 atom stereocenters. The third kappa shape index (κ3) is 2.15. The van der Waals surface area contributed by atoms with E-state index in [4.69, 9.17) is 17.3 Å². The van der Waals surface area contributed by atoms with E-state index in [9.17, 15) is 13.2 Å². The number of alkyl halides is 3. The van der Waals surface area contributed by atoms with Crippen LogP contribution in [0, 0.1) is 0 Å². The Morgan fingerprint density at radius 3 is 2.47 bits per heavy atom. The van der Waals surface area contributed by atoms with Gasteiger partial charge < -0.3 is 5.73 Å². The highest BCUT2D eigenvalue weighted by Gasteiger charge is 2.43. The SMILES string of the molecule is NC1(c2nc(Cl)c3ccc(C(F)(F)F)cc3n2)CC1. The van der Waals surface area contributed by atoms with E-state index in [1.807, 2.05) is 0 Å². The average Bonchev–Trinajstić information content (AvgIpc) is 3.07. The summed E-state index contributed by atoms with van der Waals surface area (Å²) in [5.41, 5.74) is 4.72. The molecule has 0 radical (unpaired) electrons. The maximum atomic E-state index is 12.7. The molecular weight excluding hydrogens is 279 g/mol. The Hall–Kier alpha value is -1.40. The summed E-state index contributed by atoms with van der Waals surface area (Å²) in [5, 5.41) is 0.521. The molecular formula is C12H9ClF3N3. The van der Waals surface area contributed by atoms with Gasteiger partial charge in [0.25, 0.3) is 0 Å². The van der Waals surface area contributed by atoms with Crippen LogP contribution >= 0.6 is 11.6 Å². The predicted octanol–water partition coefficient (Wildman–Crippen LogP) is 3.25. The van der Waals surface area contributed by atoms with Gasteiger partial charge in [-0.05, 0) is 31.0 Å². The van der Waals surface area contributed by atoms with Crippen LogP contribution in [0.25, 0.3) is 10.9 Å². The van der Waals surface area contributed by atoms with Crippen LogP contribution in [0.3, 0.4) is 0 Å². The van der Waals surface area contributed by atoms with Crippen LogP contribution in [0.1, 0.15) is 24.2 Å². The smallest absolute Gasteiger partial charge is 0.319 e. The van der Waals surface area contributed by atoms with Crippen molar-refractivity contribution in [1.82, 2.24) is 9.97 Å². The Bertz CT molecular complexity index is 660. The molecule has 7 heteroatoms. The van der Waals surface area contributed by atoms with Gasteiger partial charge in [-0.15, -0.1) is 0 Å². The lowest BCUT2D eigenvalue weighted by molar-refractivity contribution is -0.137. The Balaban J connectivity index is 2.21. The fourth-order valence-corrected chi connectivity index (χ4v) is 2.09. The first-order valence-electron chi connectivity index (χ1n) is 5.63. The van der Waals surface area contributed by atoms with Crippen molar-refractivity contribution in [2.45, 2.75) is 24.6 Å². The summed E-state index contributed by atoms with van der Waals surface area (Å²) < 4.78 is 38.0. The van der Waals surface area contributed by atoms with Crippen molar-refractivity contribution in [2.24, 2.45) is 5.73 Å². The number of hydrogen-bond donors (Lipinski definition) is 1. The number of aromatic nitrogens is 2. The minimum absolute atomic E-state index is 0.130. The molecule has 0 spiro atoms. The molecule has 3 nitrogen and oxygen atoms in total. The van der Waals surface area contributed by atoms with Crippen molar-refractivity contribution in [2.75, 3.05) is 0 Å². The predicted molar refractivity (Wildman–Crippen MR) is 64.6 cm³/mol. The second-order valence-electron chi connectivity index (χ2n) is 4.72. The van der Waals surface area contributed by atoms with E-state index in [2.05, 4.69) is 9.97 Å². The Morgan fingerprint density at radius 2 is 1.89 bits per heavy atom. The summed E-state index contributed by atoms with van der Waals surface area (Å²) in [6, 6.07) is 3.21. The summed E-state index contributed by atoms with van der Waals surface area (Å²) in [4.78, 5) is 8.20. The molecule has 0 aliphatic heterocycles. The molecule has 2 aromatic rings. The minimum Gasteiger partial charge on any atom is -0.319 e. The number of nitrogens with zero attached hydrogens (tertiary/aromatic N) is 2. The van der Waals surface area contributed by atoms with Crippen molar-refractivity contribution >= 4 is 22.5 Å². The molecule has 1 aromatic heterocycles. The lowest BCUT2D eigenvalue weighted by atomic mass is 10.1. The number of rotatable bonds is 1. The first-order chi connectivity index (χ1) is 8.79. The molecule has 1 aliphatic carbocycles. The minimum atomic E-state index is -4.41. The van der Waals surface area contributed by atoms with Crippen LogP contribution in [0.5, 0.6) is 0 Å². The molecule has 1 fully saturated rings. The molecule has 100 valence electrons. The van der Waals surface area contributed by atoms with Crippen LogP contribution in [0.2, 0.25) is 5.15 Å². The quantitative estimate of drug-likeness (QED) is 0.819. The van der Waals surface area contributed by atoms with Crippen LogP contribution < -0.4 is 5.73 Å². The molecule has 3 rings (SSSR count). The van der Waals surface area contributed by atoms with Crippen LogP contribution in [0.15, 0.2) is 18.2 Å². The summed E-state index contributed by atoms with van der Waals surface area (Å²) in [6.07, 6.45) is -2.98. The zero-order valence-electron chi connectivity index (χ0n) is 9.63. The van der Waals surface area contributed by atoms with E-state index < -0.39 is 17.3 Å². The van der Waals surface area contributed by atoms with E-state index >= 15 is 0 Å². The first-order valence-corrected chi connectivity index (χ1v) is 6.01. The molecule has 1 saturated carbocycles. The van der Waals surface area contributed by atoms with Crippen molar-refractivity contribution in [3.8, 4) is 0 Å². The molecule has 19 heavy (non-hydrogen) atoms. The monoisotopic (exact) mass is 287 g/mol. The normalized spacial score (nSPS) is 17.7. The van der Waals surface area contributed by atoms with Gasteiger partial charge in [0.1, 0.15) is 5.15 Å². The number of hydrogen-bond acceptors (Lipinski definition) is 3. The van der Waals surface area contributed by atoms with Gasteiger partial charge >= 0.3 is 6.18 Å². The first kappa shape index (κ1) is 12.6. The average molecular weight is 288 g/mol. The fraction of sp³-hybridized carbons (Fsp3) is 0.333. The number of fused-ring (bicyclic) bond motifs is 1. The highest BCUT2D eigenvalue weighted by molar-refractivity contribution is 6.34. The molecule has 0 bridgehead atoms. The van der Waals surface area contributed by atoms with Gasteiger partial charge in [-0.3, -0.25) is 0 Å². The topological polar surface area (TPSA) is 51.8 Å². The summed E-state index contributed by atoms with van der Waals surface area (Å²) in [5.74, 6) is 0.310. The highest BCUT2D eigenvalue weighted by Crippen LogP contribution is 2.42. The number of halogens is 4. The summed E-state index contributed by atoms with van der Waals surface area (Å²) in [7, 11) is 0. The van der Waals surface area contributed by atoms with E-state index in [0.717, 1.165) is 12.1 Å². The van der Waals surface area contributed by atoms with Crippen molar-refractivity contribution in [3.05, 3.63) is 34.7 Å². The van der Waals surface area contributed by atoms with Gasteiger partial charge in [0.2, 0.25) is 0 Å². The Kier molecular flexibility index (Phi) is 2.53. The lowest BCUT2D eigenvalue weighted by Crippen LogP contribution is -2.22. The van der Waals surface area contributed by atoms with Crippen LogP contribution in [-0.4, -0.2) is 9.97 Å². The van der Waals surface area contributed by atoms with Gasteiger partial charge in [0.05, 0.1) is 16.6 Å². The molecule has 1 heterocycles. The molecule has 2 N–H and O–H groups in total. The van der Waals surface area contributed by atoms with E-state index in [1.54, 1.807) is 0 Å². The van der Waals surface area contributed by atoms with Gasteiger partial charge in [0.15, 0.2) is 5.82 Å². The third-order valence-electron chi connectivity index (χ3n) is 3.21. The maximum Gasteiger partial charge on any atom is 0.416 e. The molecule has 0 amide bonds. The standard InChI is InChI=1S/C12H9ClF3N3/c13-9-7-2-1-6(12(14,15)16)5-8(7)18-10(19-9)11(17)3-4-11/h1-2,5H,3-4,17H2. The fourth-order valence-electron chi connectivity index (χ4n) is 1.85. The summed E-state index contributed by atoms with van der Waals surface area (Å²) in [6.45, 7) is 0. The molecule has 0 unspecified atom stereocenters. The Morgan fingerprint density at radius 1 is 1.21 bits per heavy atom. The van der Waals surface area contributed by atoms with Crippen LogP contribution in [-0.2, 0) is 11.7 Å². The zero-order valence-corrected chi connectivity index (χ0v) is 10.4. The number of benzene rings is 1. The lowest BCUT2D eigenvalue weighted by Gasteiger charge is -2.11. The van der Waals surface area contributed by atoms with Gasteiger partial charge in [-0.25, -0.2) is 9.97 Å². The summed E-state index contributed by atoms with van der Waals surface area (Å²) >= 11 is 5.97. The van der Waals surface area contributed by atoms with E-state index in [1.165, 1.54) is 6.07 Å². The molecule has 1 aromatic carbocycles. The zero-order chi connectivity index (χ0) is 13.8. The van der Waals surface area contributed by atoms with E-state index in [0.29, 0.717) is 24.1 Å². The Labute approximate surface area is 111 Å². The van der Waals surface area contributed by atoms with Crippen LogP contribution in [0.4, 0.5) is 13.2 Å². The van der Waals surface area contributed by atoms with Gasteiger partial charge in [-0.2, -0.15) is 13.2 Å². The highest BCUT2D eigenvalue weighted by atomic mass is 35.5.